The van der Waals surface area contributed by atoms with Gasteiger partial charge in [-0.2, -0.15) is 0 Å². The van der Waals surface area contributed by atoms with Gasteiger partial charge in [0, 0.05) is 50.4 Å². The van der Waals surface area contributed by atoms with E-state index < -0.39 is 0 Å². The fourth-order valence-corrected chi connectivity index (χ4v) is 3.96. The quantitative estimate of drug-likeness (QED) is 0.479. The van der Waals surface area contributed by atoms with Crippen LogP contribution in [0.1, 0.15) is 69.8 Å². The van der Waals surface area contributed by atoms with Crippen molar-refractivity contribution in [3.8, 4) is 0 Å². The summed E-state index contributed by atoms with van der Waals surface area (Å²) in [7, 11) is 0. The van der Waals surface area contributed by atoms with Gasteiger partial charge < -0.3 is 15.5 Å². The molecule has 0 atom stereocenters. The molecule has 0 unspecified atom stereocenters. The van der Waals surface area contributed by atoms with E-state index in [0.717, 1.165) is 62.7 Å². The van der Waals surface area contributed by atoms with E-state index in [-0.39, 0.29) is 5.91 Å². The van der Waals surface area contributed by atoms with Crippen LogP contribution in [0.2, 0.25) is 0 Å². The number of hydrogen-bond donors (Lipinski definition) is 2. The van der Waals surface area contributed by atoms with E-state index in [9.17, 15) is 4.79 Å². The average Bonchev–Trinajstić information content (AvgIpc) is 2.74. The molecule has 2 rings (SSSR count). The minimum Gasteiger partial charge on any atom is -0.357 e. The van der Waals surface area contributed by atoms with Crippen LogP contribution < -0.4 is 10.6 Å². The highest BCUT2D eigenvalue weighted by molar-refractivity contribution is 5.94. The molecule has 0 radical (unpaired) electrons. The summed E-state index contributed by atoms with van der Waals surface area (Å²) in [6.45, 7) is 16.0. The fraction of sp³-hybridized carbons (Fsp3) is 0.667. The number of benzene rings is 1. The van der Waals surface area contributed by atoms with Crippen molar-refractivity contribution < 1.29 is 4.79 Å². The molecule has 6 nitrogen and oxygen atoms in total. The maximum atomic E-state index is 12.6. The smallest absolute Gasteiger partial charge is 0.253 e. The number of aliphatic imine (C=N–C) groups is 1. The van der Waals surface area contributed by atoms with Crippen molar-refractivity contribution in [2.45, 2.75) is 72.5 Å². The number of piperidine rings is 1. The van der Waals surface area contributed by atoms with Crippen molar-refractivity contribution in [2.75, 3.05) is 32.7 Å². The maximum Gasteiger partial charge on any atom is 0.253 e. The van der Waals surface area contributed by atoms with Crippen LogP contribution in [0, 0.1) is 0 Å². The van der Waals surface area contributed by atoms with Gasteiger partial charge in [-0.05, 0) is 71.6 Å². The summed E-state index contributed by atoms with van der Waals surface area (Å²) in [5.41, 5.74) is 1.88. The third-order valence-corrected chi connectivity index (χ3v) is 5.60. The summed E-state index contributed by atoms with van der Waals surface area (Å²) in [5.74, 6) is 0.984. The molecule has 2 N–H and O–H groups in total. The molecule has 168 valence electrons. The molecular formula is C24H41N5O. The lowest BCUT2D eigenvalue weighted by atomic mass is 10.1. The maximum absolute atomic E-state index is 12.6. The minimum atomic E-state index is 0.152. The van der Waals surface area contributed by atoms with Crippen LogP contribution in [0.5, 0.6) is 0 Å². The van der Waals surface area contributed by atoms with Gasteiger partial charge in [0.2, 0.25) is 0 Å². The zero-order chi connectivity index (χ0) is 21.9. The number of hydrogen-bond acceptors (Lipinski definition) is 3. The molecule has 1 amide bonds. The Hall–Kier alpha value is -2.08. The molecule has 0 bridgehead atoms. The highest BCUT2D eigenvalue weighted by Crippen LogP contribution is 2.14. The Labute approximate surface area is 183 Å². The van der Waals surface area contributed by atoms with E-state index in [2.05, 4.69) is 50.2 Å². The highest BCUT2D eigenvalue weighted by Gasteiger charge is 2.18. The number of carbonyl (C=O) groups is 1. The topological polar surface area (TPSA) is 60.0 Å². The molecule has 1 saturated heterocycles. The summed E-state index contributed by atoms with van der Waals surface area (Å²) in [5, 5.41) is 6.76. The van der Waals surface area contributed by atoms with Gasteiger partial charge in [-0.15, -0.1) is 0 Å². The second-order valence-corrected chi connectivity index (χ2v) is 8.60. The van der Waals surface area contributed by atoms with Gasteiger partial charge in [0.05, 0.1) is 6.54 Å². The van der Waals surface area contributed by atoms with Crippen LogP contribution in [0.25, 0.3) is 0 Å². The Kier molecular flexibility index (Phi) is 10.1. The molecule has 0 saturated carbocycles. The van der Waals surface area contributed by atoms with Crippen molar-refractivity contribution >= 4 is 11.9 Å². The molecule has 1 fully saturated rings. The van der Waals surface area contributed by atoms with Crippen LogP contribution in [0.3, 0.4) is 0 Å². The number of likely N-dealkylation sites (tertiary alicyclic amines) is 1. The second kappa shape index (κ2) is 12.6. The van der Waals surface area contributed by atoms with E-state index in [1.165, 1.54) is 6.42 Å². The van der Waals surface area contributed by atoms with Crippen LogP contribution in [0.15, 0.2) is 29.3 Å². The van der Waals surface area contributed by atoms with E-state index in [0.29, 0.717) is 18.6 Å². The van der Waals surface area contributed by atoms with E-state index in [1.54, 1.807) is 0 Å². The zero-order valence-electron chi connectivity index (χ0n) is 19.6. The zero-order valence-corrected chi connectivity index (χ0v) is 19.6. The fourth-order valence-electron chi connectivity index (χ4n) is 3.96. The number of nitrogens with one attached hydrogen (secondary N) is 2. The van der Waals surface area contributed by atoms with E-state index >= 15 is 0 Å². The Morgan fingerprint density at radius 1 is 1.03 bits per heavy atom. The van der Waals surface area contributed by atoms with Crippen LogP contribution >= 0.6 is 0 Å². The molecule has 0 aliphatic carbocycles. The predicted octanol–water partition coefficient (Wildman–Crippen LogP) is 3.49. The lowest BCUT2D eigenvalue weighted by Gasteiger charge is -2.30. The molecule has 1 aromatic rings. The van der Waals surface area contributed by atoms with Gasteiger partial charge in [0.1, 0.15) is 0 Å². The molecule has 1 aliphatic heterocycles. The van der Waals surface area contributed by atoms with Gasteiger partial charge in [0.15, 0.2) is 5.96 Å². The number of amides is 1. The summed E-state index contributed by atoms with van der Waals surface area (Å²) in [6.07, 6.45) is 3.46. The SMILES string of the molecule is CCNC(=NCc1ccc(C(=O)N2CCCCC2)cc1)NCCN(C(C)C)C(C)C. The van der Waals surface area contributed by atoms with Crippen LogP contribution in [-0.4, -0.2) is 66.5 Å². The number of rotatable bonds is 9. The molecule has 0 spiro atoms. The van der Waals surface area contributed by atoms with Crippen LogP contribution in [0.4, 0.5) is 0 Å². The van der Waals surface area contributed by atoms with E-state index in [1.807, 2.05) is 29.2 Å². The van der Waals surface area contributed by atoms with E-state index in [4.69, 9.17) is 4.99 Å². The molecule has 1 aliphatic rings. The van der Waals surface area contributed by atoms with Crippen molar-refractivity contribution in [3.05, 3.63) is 35.4 Å². The largest absolute Gasteiger partial charge is 0.357 e. The summed E-state index contributed by atoms with van der Waals surface area (Å²) >= 11 is 0. The average molecular weight is 416 g/mol. The lowest BCUT2D eigenvalue weighted by Crippen LogP contribution is -2.45. The third kappa shape index (κ3) is 7.63. The first-order valence-electron chi connectivity index (χ1n) is 11.6. The Bertz CT molecular complexity index is 655. The Morgan fingerprint density at radius 3 is 2.23 bits per heavy atom. The normalized spacial score (nSPS) is 15.2. The first kappa shape index (κ1) is 24.2. The highest BCUT2D eigenvalue weighted by atomic mass is 16.2. The van der Waals surface area contributed by atoms with Gasteiger partial charge in [-0.25, -0.2) is 4.99 Å². The van der Waals surface area contributed by atoms with Crippen molar-refractivity contribution in [1.82, 2.24) is 20.4 Å². The lowest BCUT2D eigenvalue weighted by molar-refractivity contribution is 0.0724. The number of guanidine groups is 1. The van der Waals surface area contributed by atoms with Gasteiger partial charge in [-0.3, -0.25) is 9.69 Å². The van der Waals surface area contributed by atoms with Crippen LogP contribution in [-0.2, 0) is 6.54 Å². The standard InChI is InChI=1S/C24H41N5O/c1-6-25-24(26-14-17-29(19(2)3)20(4)5)27-18-21-10-12-22(13-11-21)23(30)28-15-8-7-9-16-28/h10-13,19-20H,6-9,14-18H2,1-5H3,(H2,25,26,27). The first-order chi connectivity index (χ1) is 14.4. The number of nitrogens with zero attached hydrogens (tertiary/aromatic N) is 3. The summed E-state index contributed by atoms with van der Waals surface area (Å²) < 4.78 is 0. The van der Waals surface area contributed by atoms with Gasteiger partial charge in [-0.1, -0.05) is 12.1 Å². The Balaban J connectivity index is 1.89. The third-order valence-electron chi connectivity index (χ3n) is 5.60. The summed E-state index contributed by atoms with van der Waals surface area (Å²) in [6, 6.07) is 8.96. The summed E-state index contributed by atoms with van der Waals surface area (Å²) in [4.78, 5) is 21.8. The van der Waals surface area contributed by atoms with Crippen molar-refractivity contribution in [1.29, 1.82) is 0 Å². The van der Waals surface area contributed by atoms with Gasteiger partial charge >= 0.3 is 0 Å². The Morgan fingerprint density at radius 2 is 1.67 bits per heavy atom. The molecule has 30 heavy (non-hydrogen) atoms. The monoisotopic (exact) mass is 415 g/mol. The minimum absolute atomic E-state index is 0.152. The molecular weight excluding hydrogens is 374 g/mol. The molecule has 0 aromatic heterocycles. The second-order valence-electron chi connectivity index (χ2n) is 8.60. The predicted molar refractivity (Wildman–Crippen MR) is 126 cm³/mol. The van der Waals surface area contributed by atoms with Crippen molar-refractivity contribution in [2.24, 2.45) is 4.99 Å². The van der Waals surface area contributed by atoms with Gasteiger partial charge in [0.25, 0.3) is 5.91 Å². The first-order valence-corrected chi connectivity index (χ1v) is 11.6. The van der Waals surface area contributed by atoms with Crippen molar-refractivity contribution in [3.63, 3.8) is 0 Å². The molecule has 1 heterocycles. The molecule has 6 heteroatoms. The number of carbonyl (C=O) groups excluding carboxylic acids is 1. The molecule has 1 aromatic carbocycles.